The van der Waals surface area contributed by atoms with Gasteiger partial charge in [0.15, 0.2) is 5.78 Å². The van der Waals surface area contributed by atoms with Crippen molar-refractivity contribution in [2.45, 2.75) is 95.2 Å². The standard InChI is InChI=1S/C46H58F2N10O5/c1-52-20-22-55(23-21-52)34-14-19-56-39(26-34)36(27-49-56)40(59)25-32-29-57(51-42(32)44(47)48)33-10-8-30(9-11-33)28-54-17-15-35(16-18-54)63-24-4-6-31-5-3-7-37-43(31)53(2)46(62)58(37)38-12-13-41(60)50-45(38)61/h3,5,7,14,19,26-27,29-30,33,35,38,44H,4,6,8-13,15-18,20-25,28H2,1-2H3,(H,50,60,61). The number of carbonyl (C=O) groups is 3. The number of imide groups is 1. The van der Waals surface area contributed by atoms with E-state index < -0.39 is 18.4 Å². The Kier molecular flexibility index (Phi) is 12.6. The van der Waals surface area contributed by atoms with Crippen LogP contribution in [0.15, 0.2) is 53.7 Å². The molecule has 17 heteroatoms. The Balaban J connectivity index is 0.729. The zero-order chi connectivity index (χ0) is 43.8. The largest absolute Gasteiger partial charge is 0.378 e. The van der Waals surface area contributed by atoms with Crippen molar-refractivity contribution in [1.82, 2.24) is 43.6 Å². The van der Waals surface area contributed by atoms with Crippen molar-refractivity contribution in [3.05, 3.63) is 81.8 Å². The zero-order valence-electron chi connectivity index (χ0n) is 36.3. The van der Waals surface area contributed by atoms with E-state index in [1.165, 1.54) is 4.57 Å². The summed E-state index contributed by atoms with van der Waals surface area (Å²) in [6.45, 7) is 7.26. The van der Waals surface area contributed by atoms with Gasteiger partial charge in [0.05, 0.1) is 40.5 Å². The van der Waals surface area contributed by atoms with Crippen LogP contribution in [0.25, 0.3) is 16.6 Å². The van der Waals surface area contributed by atoms with Crippen molar-refractivity contribution in [3.8, 4) is 0 Å². The van der Waals surface area contributed by atoms with Gasteiger partial charge in [0, 0.05) is 96.0 Å². The number of imidazole rings is 1. The molecule has 4 aromatic heterocycles. The number of ketones is 1. The summed E-state index contributed by atoms with van der Waals surface area (Å²) in [6, 6.07) is 9.09. The van der Waals surface area contributed by atoms with E-state index in [1.54, 1.807) is 33.2 Å². The Morgan fingerprint density at radius 2 is 1.70 bits per heavy atom. The first-order valence-electron chi connectivity index (χ1n) is 22.7. The zero-order valence-corrected chi connectivity index (χ0v) is 36.3. The van der Waals surface area contributed by atoms with Gasteiger partial charge < -0.3 is 19.4 Å². The minimum Gasteiger partial charge on any atom is -0.378 e. The van der Waals surface area contributed by atoms with Crippen molar-refractivity contribution in [3.63, 3.8) is 0 Å². The maximum absolute atomic E-state index is 14.3. The number of benzene rings is 1. The molecule has 4 aliphatic rings. The van der Waals surface area contributed by atoms with Crippen molar-refractivity contribution in [2.75, 3.05) is 64.4 Å². The molecule has 0 spiro atoms. The lowest BCUT2D eigenvalue weighted by atomic mass is 9.85. The summed E-state index contributed by atoms with van der Waals surface area (Å²) in [6.07, 6.45) is 10.0. The molecule has 1 aliphatic carbocycles. The average molecular weight is 869 g/mol. The number of amides is 2. The first-order valence-corrected chi connectivity index (χ1v) is 22.7. The summed E-state index contributed by atoms with van der Waals surface area (Å²) in [5, 5.41) is 11.1. The van der Waals surface area contributed by atoms with Crippen LogP contribution in [0.2, 0.25) is 0 Å². The van der Waals surface area contributed by atoms with Crippen molar-refractivity contribution in [2.24, 2.45) is 13.0 Å². The van der Waals surface area contributed by atoms with Gasteiger partial charge in [-0.15, -0.1) is 0 Å². The summed E-state index contributed by atoms with van der Waals surface area (Å²) in [5.74, 6) is -0.466. The molecule has 0 bridgehead atoms. The molecule has 7 heterocycles. The number of hydrogen-bond acceptors (Lipinski definition) is 10. The molecular weight excluding hydrogens is 811 g/mol. The number of likely N-dealkylation sites (tertiary alicyclic amines) is 1. The van der Waals surface area contributed by atoms with Crippen LogP contribution in [0, 0.1) is 5.92 Å². The fraction of sp³-hybridized carbons (Fsp3) is 0.565. The molecule has 1 saturated carbocycles. The number of Topliss-reactive ketones (excluding diaryl/α,β-unsaturated/α-hetero) is 1. The van der Waals surface area contributed by atoms with Gasteiger partial charge in [-0.1, -0.05) is 12.1 Å². The number of ether oxygens (including phenoxy) is 1. The lowest BCUT2D eigenvalue weighted by molar-refractivity contribution is -0.135. The number of para-hydroxylation sites is 1. The Labute approximate surface area is 364 Å². The van der Waals surface area contributed by atoms with Crippen LogP contribution in [-0.4, -0.2) is 121 Å². The number of pyridine rings is 1. The van der Waals surface area contributed by atoms with Gasteiger partial charge in [-0.3, -0.25) is 33.5 Å². The number of nitrogens with one attached hydrogen (secondary N) is 1. The van der Waals surface area contributed by atoms with E-state index in [4.69, 9.17) is 4.74 Å². The molecule has 1 aromatic carbocycles. The number of rotatable bonds is 14. The topological polar surface area (TPSA) is 144 Å². The third-order valence-electron chi connectivity index (χ3n) is 14.0. The van der Waals surface area contributed by atoms with E-state index in [-0.39, 0.29) is 53.6 Å². The molecule has 1 N–H and O–H groups in total. The predicted molar refractivity (Wildman–Crippen MR) is 233 cm³/mol. The maximum atomic E-state index is 14.3. The fourth-order valence-electron chi connectivity index (χ4n) is 10.3. The number of carbonyl (C=O) groups excluding carboxylic acids is 3. The van der Waals surface area contributed by atoms with E-state index in [1.807, 2.05) is 36.5 Å². The van der Waals surface area contributed by atoms with Crippen LogP contribution in [0.5, 0.6) is 0 Å². The first kappa shape index (κ1) is 43.0. The minimum absolute atomic E-state index is 0.0203. The molecule has 3 saturated heterocycles. The van der Waals surface area contributed by atoms with Crippen molar-refractivity contribution < 1.29 is 27.9 Å². The number of anilines is 1. The molecule has 2 amide bonds. The van der Waals surface area contributed by atoms with Crippen LogP contribution in [0.4, 0.5) is 14.5 Å². The molecule has 5 aromatic rings. The number of aromatic nitrogens is 6. The van der Waals surface area contributed by atoms with Gasteiger partial charge >= 0.3 is 5.69 Å². The Hall–Kier alpha value is -5.26. The van der Waals surface area contributed by atoms with E-state index in [9.17, 15) is 28.0 Å². The van der Waals surface area contributed by atoms with Gasteiger partial charge in [-0.05, 0) is 94.5 Å². The number of fused-ring (bicyclic) bond motifs is 2. The number of halogens is 2. The van der Waals surface area contributed by atoms with Crippen molar-refractivity contribution >= 4 is 39.8 Å². The SMILES string of the molecule is CN1CCN(c2ccn3ncc(C(=O)Cc4cn(C5CCC(CN6CCC(OCCCc7cccc8c7n(C)c(=O)n8C7CCC(=O)NC7=O)CC6)CC5)nc4C(F)F)c3c2)CC1. The second-order valence-corrected chi connectivity index (χ2v) is 18.1. The highest BCUT2D eigenvalue weighted by molar-refractivity contribution is 6.03. The quantitative estimate of drug-likeness (QED) is 0.0908. The molecule has 3 aliphatic heterocycles. The number of hydrogen-bond donors (Lipinski definition) is 1. The summed E-state index contributed by atoms with van der Waals surface area (Å²) in [7, 11) is 3.84. The van der Waals surface area contributed by atoms with Gasteiger partial charge in [-0.2, -0.15) is 10.2 Å². The second-order valence-electron chi connectivity index (χ2n) is 18.1. The Morgan fingerprint density at radius 3 is 2.44 bits per heavy atom. The average Bonchev–Trinajstić information content (AvgIpc) is 3.98. The van der Waals surface area contributed by atoms with E-state index in [0.717, 1.165) is 114 Å². The van der Waals surface area contributed by atoms with Crippen molar-refractivity contribution in [1.29, 1.82) is 0 Å². The third-order valence-corrected chi connectivity index (χ3v) is 14.0. The summed E-state index contributed by atoms with van der Waals surface area (Å²) in [4.78, 5) is 58.4. The molecule has 15 nitrogen and oxygen atoms in total. The van der Waals surface area contributed by atoms with Crippen LogP contribution >= 0.6 is 0 Å². The molecule has 63 heavy (non-hydrogen) atoms. The van der Waals surface area contributed by atoms with Crippen LogP contribution in [0.1, 0.15) is 103 Å². The first-order chi connectivity index (χ1) is 30.5. The number of piperazine rings is 1. The van der Waals surface area contributed by atoms with E-state index in [2.05, 4.69) is 37.3 Å². The number of aryl methyl sites for hydroxylation is 2. The molecular formula is C46H58F2N10O5. The van der Waals surface area contributed by atoms with Gasteiger partial charge in [0.25, 0.3) is 6.43 Å². The number of likely N-dealkylation sites (N-methyl/N-ethyl adjacent to an activating group) is 1. The maximum Gasteiger partial charge on any atom is 0.329 e. The lowest BCUT2D eigenvalue weighted by Crippen LogP contribution is -2.44. The minimum atomic E-state index is -2.77. The number of nitrogens with zero attached hydrogens (tertiary/aromatic N) is 9. The molecule has 336 valence electrons. The summed E-state index contributed by atoms with van der Waals surface area (Å²) in [5.41, 5.74) is 4.37. The lowest BCUT2D eigenvalue weighted by Gasteiger charge is -2.36. The van der Waals surface area contributed by atoms with Gasteiger partial charge in [-0.25, -0.2) is 18.1 Å². The van der Waals surface area contributed by atoms with E-state index in [0.29, 0.717) is 35.5 Å². The fourth-order valence-corrected chi connectivity index (χ4v) is 10.3. The highest BCUT2D eigenvalue weighted by Crippen LogP contribution is 2.35. The molecule has 0 radical (unpaired) electrons. The normalized spacial score (nSPS) is 22.2. The number of piperidine rings is 2. The number of alkyl halides is 2. The van der Waals surface area contributed by atoms with Crippen LogP contribution in [0.3, 0.4) is 0 Å². The van der Waals surface area contributed by atoms with Crippen LogP contribution < -0.4 is 15.9 Å². The predicted octanol–water partition coefficient (Wildman–Crippen LogP) is 5.12. The van der Waals surface area contributed by atoms with Gasteiger partial charge in [0.1, 0.15) is 11.7 Å². The molecule has 4 fully saturated rings. The molecule has 9 rings (SSSR count). The highest BCUT2D eigenvalue weighted by Gasteiger charge is 2.33. The van der Waals surface area contributed by atoms with Gasteiger partial charge in [0.2, 0.25) is 11.8 Å². The van der Waals surface area contributed by atoms with E-state index >= 15 is 0 Å². The summed E-state index contributed by atoms with van der Waals surface area (Å²) >= 11 is 0. The Morgan fingerprint density at radius 1 is 0.921 bits per heavy atom. The third kappa shape index (κ3) is 9.09. The molecule has 1 atom stereocenters. The summed E-state index contributed by atoms with van der Waals surface area (Å²) < 4.78 is 41.5. The smallest absolute Gasteiger partial charge is 0.329 e. The Bertz CT molecular complexity index is 2520. The second kappa shape index (κ2) is 18.5. The monoisotopic (exact) mass is 868 g/mol. The molecule has 1 unspecified atom stereocenters. The van der Waals surface area contributed by atoms with Crippen LogP contribution in [-0.2, 0) is 34.2 Å². The highest BCUT2D eigenvalue weighted by atomic mass is 19.3.